The first kappa shape index (κ1) is 17.2. The Morgan fingerprint density at radius 3 is 2.46 bits per heavy atom. The minimum atomic E-state index is -0.165. The largest absolute Gasteiger partial charge is 0.497 e. The Kier molecular flexibility index (Phi) is 6.10. The van der Waals surface area contributed by atoms with Crippen LogP contribution in [0, 0.1) is 0 Å². The molecule has 1 saturated heterocycles. The van der Waals surface area contributed by atoms with E-state index in [1.165, 1.54) is 24.2 Å². The average molecular weight is 333 g/mol. The second kappa shape index (κ2) is 8.49. The molecule has 1 aromatic rings. The van der Waals surface area contributed by atoms with Crippen molar-refractivity contribution in [1.29, 1.82) is 0 Å². The molecule has 1 heterocycles. The molecule has 0 bridgehead atoms. The zero-order valence-corrected chi connectivity index (χ0v) is 14.6. The van der Waals surface area contributed by atoms with Gasteiger partial charge >= 0.3 is 0 Å². The molecule has 1 aliphatic carbocycles. The van der Waals surface area contributed by atoms with Crippen molar-refractivity contribution in [3.05, 3.63) is 29.8 Å². The van der Waals surface area contributed by atoms with E-state index < -0.39 is 0 Å². The van der Waals surface area contributed by atoms with E-state index in [-0.39, 0.29) is 11.9 Å². The number of hydrogen-bond donors (Lipinski definition) is 2. The van der Waals surface area contributed by atoms with E-state index in [0.717, 1.165) is 50.5 Å². The molecule has 3 rings (SSSR count). The summed E-state index contributed by atoms with van der Waals surface area (Å²) < 4.78 is 10.7. The van der Waals surface area contributed by atoms with Crippen molar-refractivity contribution in [2.45, 2.75) is 44.2 Å². The maximum Gasteiger partial charge on any atom is 0.283 e. The fourth-order valence-corrected chi connectivity index (χ4v) is 3.82. The van der Waals surface area contributed by atoms with E-state index in [1.54, 1.807) is 7.11 Å². The van der Waals surface area contributed by atoms with Crippen LogP contribution in [0.1, 0.15) is 43.7 Å². The number of carbonyl (C=O) groups excluding carboxylic acids is 1. The average Bonchev–Trinajstić information content (AvgIpc) is 2.64. The molecule has 5 nitrogen and oxygen atoms in total. The van der Waals surface area contributed by atoms with Gasteiger partial charge in [-0.2, -0.15) is 0 Å². The minimum Gasteiger partial charge on any atom is -0.497 e. The maximum atomic E-state index is 13.1. The molecule has 2 fully saturated rings. The van der Waals surface area contributed by atoms with Gasteiger partial charge in [0.2, 0.25) is 0 Å². The number of nitrogens with one attached hydrogen (secondary N) is 2. The summed E-state index contributed by atoms with van der Waals surface area (Å²) in [5.74, 6) is 0.978. The molecule has 1 atom stereocenters. The number of benzene rings is 1. The number of quaternary nitrogens is 1. The first-order chi connectivity index (χ1) is 11.8. The Labute approximate surface area is 144 Å². The lowest BCUT2D eigenvalue weighted by Crippen LogP contribution is -3.15. The summed E-state index contributed by atoms with van der Waals surface area (Å²) in [4.78, 5) is 14.4. The van der Waals surface area contributed by atoms with E-state index in [1.807, 2.05) is 24.3 Å². The van der Waals surface area contributed by atoms with Gasteiger partial charge in [0.25, 0.3) is 5.91 Å². The van der Waals surface area contributed by atoms with Crippen molar-refractivity contribution in [2.24, 2.45) is 0 Å². The van der Waals surface area contributed by atoms with Crippen LogP contribution in [-0.2, 0) is 9.53 Å². The van der Waals surface area contributed by atoms with Crippen LogP contribution in [0.25, 0.3) is 0 Å². The Morgan fingerprint density at radius 2 is 1.83 bits per heavy atom. The number of hydrogen-bond acceptors (Lipinski definition) is 3. The van der Waals surface area contributed by atoms with Gasteiger partial charge in [-0.25, -0.2) is 0 Å². The molecule has 0 aromatic heterocycles. The Hall–Kier alpha value is -1.59. The minimum absolute atomic E-state index is 0.156. The highest BCUT2D eigenvalue weighted by molar-refractivity contribution is 5.82. The Bertz CT molecular complexity index is 520. The zero-order chi connectivity index (χ0) is 16.8. The number of morpholine rings is 1. The molecule has 1 saturated carbocycles. The van der Waals surface area contributed by atoms with Gasteiger partial charge in [0.1, 0.15) is 18.8 Å². The third-order valence-corrected chi connectivity index (χ3v) is 5.21. The molecule has 5 heteroatoms. The second-order valence-electron chi connectivity index (χ2n) is 6.82. The van der Waals surface area contributed by atoms with E-state index in [4.69, 9.17) is 9.47 Å². The van der Waals surface area contributed by atoms with Gasteiger partial charge in [-0.3, -0.25) is 4.79 Å². The van der Waals surface area contributed by atoms with Gasteiger partial charge in [0.05, 0.1) is 20.3 Å². The predicted molar refractivity (Wildman–Crippen MR) is 92.3 cm³/mol. The highest BCUT2D eigenvalue weighted by atomic mass is 16.5. The third kappa shape index (κ3) is 4.28. The van der Waals surface area contributed by atoms with Crippen molar-refractivity contribution in [3.8, 4) is 5.75 Å². The molecule has 2 N–H and O–H groups in total. The molecule has 1 aliphatic heterocycles. The van der Waals surface area contributed by atoms with Crippen LogP contribution in [0.4, 0.5) is 0 Å². The highest BCUT2D eigenvalue weighted by Crippen LogP contribution is 2.20. The molecule has 24 heavy (non-hydrogen) atoms. The summed E-state index contributed by atoms with van der Waals surface area (Å²) in [5, 5.41) is 3.31. The van der Waals surface area contributed by atoms with E-state index >= 15 is 0 Å². The van der Waals surface area contributed by atoms with Gasteiger partial charge < -0.3 is 19.7 Å². The summed E-state index contributed by atoms with van der Waals surface area (Å²) in [6.45, 7) is 3.18. The van der Waals surface area contributed by atoms with Crippen molar-refractivity contribution in [2.75, 3.05) is 33.4 Å². The lowest BCUT2D eigenvalue weighted by atomic mass is 9.94. The Balaban J connectivity index is 1.75. The van der Waals surface area contributed by atoms with Gasteiger partial charge in [-0.15, -0.1) is 0 Å². The zero-order valence-electron chi connectivity index (χ0n) is 14.6. The van der Waals surface area contributed by atoms with Gasteiger partial charge in [0, 0.05) is 11.6 Å². The summed E-state index contributed by atoms with van der Waals surface area (Å²) in [6.07, 6.45) is 5.97. The molecular formula is C19H29N2O3+. The molecule has 2 aliphatic rings. The van der Waals surface area contributed by atoms with Crippen LogP contribution >= 0.6 is 0 Å². The molecule has 1 aromatic carbocycles. The number of rotatable bonds is 5. The van der Waals surface area contributed by atoms with Gasteiger partial charge in [0.15, 0.2) is 6.04 Å². The molecule has 132 valence electrons. The topological polar surface area (TPSA) is 52.0 Å². The number of methoxy groups -OCH3 is 1. The van der Waals surface area contributed by atoms with Gasteiger partial charge in [-0.05, 0) is 37.1 Å². The normalized spacial score (nSPS) is 21.2. The summed E-state index contributed by atoms with van der Waals surface area (Å²) in [5.41, 5.74) is 1.06. The van der Waals surface area contributed by atoms with Crippen molar-refractivity contribution >= 4 is 5.91 Å². The van der Waals surface area contributed by atoms with Crippen LogP contribution < -0.4 is 15.0 Å². The van der Waals surface area contributed by atoms with Gasteiger partial charge in [-0.1, -0.05) is 19.3 Å². The molecule has 0 spiro atoms. The number of amides is 1. The van der Waals surface area contributed by atoms with E-state index in [0.29, 0.717) is 6.04 Å². The maximum absolute atomic E-state index is 13.1. The summed E-state index contributed by atoms with van der Waals surface area (Å²) in [6, 6.07) is 8.10. The Morgan fingerprint density at radius 1 is 1.17 bits per heavy atom. The third-order valence-electron chi connectivity index (χ3n) is 5.21. The summed E-state index contributed by atoms with van der Waals surface area (Å²) >= 11 is 0. The quantitative estimate of drug-likeness (QED) is 0.848. The van der Waals surface area contributed by atoms with E-state index in [2.05, 4.69) is 5.32 Å². The molecule has 0 radical (unpaired) electrons. The fraction of sp³-hybridized carbons (Fsp3) is 0.632. The highest BCUT2D eigenvalue weighted by Gasteiger charge is 2.34. The number of carbonyl (C=O) groups is 1. The van der Waals surface area contributed by atoms with Crippen molar-refractivity contribution < 1.29 is 19.2 Å². The fourth-order valence-electron chi connectivity index (χ4n) is 3.82. The van der Waals surface area contributed by atoms with Crippen LogP contribution in [-0.4, -0.2) is 45.4 Å². The van der Waals surface area contributed by atoms with Crippen LogP contribution in [0.5, 0.6) is 5.75 Å². The standard InChI is InChI=1S/C19H28N2O3/c1-23-17-9-7-15(8-10-17)18(21-11-13-24-14-12-21)19(22)20-16-5-3-2-4-6-16/h7-10,16,18H,2-6,11-14H2,1H3,(H,20,22)/p+1. The lowest BCUT2D eigenvalue weighted by molar-refractivity contribution is -0.929. The van der Waals surface area contributed by atoms with E-state index in [9.17, 15) is 4.79 Å². The molecule has 1 amide bonds. The van der Waals surface area contributed by atoms with Crippen LogP contribution in [0.2, 0.25) is 0 Å². The number of ether oxygens (including phenoxy) is 2. The molecular weight excluding hydrogens is 304 g/mol. The van der Waals surface area contributed by atoms with Crippen LogP contribution in [0.3, 0.4) is 0 Å². The SMILES string of the molecule is COc1ccc(C(C(=O)NC2CCCCC2)[NH+]2CCOCC2)cc1. The first-order valence-corrected chi connectivity index (χ1v) is 9.14. The molecule has 1 unspecified atom stereocenters. The first-order valence-electron chi connectivity index (χ1n) is 9.14. The van der Waals surface area contributed by atoms with Crippen molar-refractivity contribution in [1.82, 2.24) is 5.32 Å². The van der Waals surface area contributed by atoms with Crippen molar-refractivity contribution in [3.63, 3.8) is 0 Å². The lowest BCUT2D eigenvalue weighted by Gasteiger charge is -2.32. The predicted octanol–water partition coefficient (Wildman–Crippen LogP) is 1.10. The smallest absolute Gasteiger partial charge is 0.283 e. The monoisotopic (exact) mass is 333 g/mol. The van der Waals surface area contributed by atoms with Crippen LogP contribution in [0.15, 0.2) is 24.3 Å². The summed E-state index contributed by atoms with van der Waals surface area (Å²) in [7, 11) is 1.66. The second-order valence-corrected chi connectivity index (χ2v) is 6.82.